The first kappa shape index (κ1) is 18.9. The Bertz CT molecular complexity index is 1470. The van der Waals surface area contributed by atoms with Crippen LogP contribution < -0.4 is 26.4 Å². The molecule has 0 saturated heterocycles. The monoisotopic (exact) mass is 423 g/mol. The lowest BCUT2D eigenvalue weighted by Gasteiger charge is -2.11. The van der Waals surface area contributed by atoms with Crippen LogP contribution in [0.4, 0.5) is 15.9 Å². The fraction of sp³-hybridized carbons (Fsp3) is 0.200. The van der Waals surface area contributed by atoms with Crippen LogP contribution in [-0.2, 0) is 0 Å². The van der Waals surface area contributed by atoms with Gasteiger partial charge in [0.1, 0.15) is 23.1 Å². The van der Waals surface area contributed by atoms with Gasteiger partial charge >= 0.3 is 5.69 Å². The molecule has 0 aliphatic heterocycles. The van der Waals surface area contributed by atoms with Gasteiger partial charge in [0, 0.05) is 17.4 Å². The number of aromatic hydroxyl groups is 1. The van der Waals surface area contributed by atoms with E-state index in [9.17, 15) is 14.3 Å². The second-order valence-corrected chi connectivity index (χ2v) is 7.15. The van der Waals surface area contributed by atoms with Gasteiger partial charge < -0.3 is 20.1 Å². The molecule has 10 nitrogen and oxygen atoms in total. The van der Waals surface area contributed by atoms with Crippen LogP contribution in [0, 0.1) is 5.82 Å². The van der Waals surface area contributed by atoms with Crippen molar-refractivity contribution >= 4 is 23.2 Å². The van der Waals surface area contributed by atoms with Crippen molar-refractivity contribution in [3.8, 4) is 11.6 Å². The van der Waals surface area contributed by atoms with Gasteiger partial charge in [0.2, 0.25) is 5.88 Å². The summed E-state index contributed by atoms with van der Waals surface area (Å²) >= 11 is 0. The van der Waals surface area contributed by atoms with Crippen LogP contribution in [-0.4, -0.2) is 42.8 Å². The lowest BCUT2D eigenvalue weighted by molar-refractivity contribution is 0.416. The maximum absolute atomic E-state index is 13.8. The molecule has 4 aromatic rings. The summed E-state index contributed by atoms with van der Waals surface area (Å²) in [6.45, 7) is 0. The van der Waals surface area contributed by atoms with Crippen molar-refractivity contribution < 1.29 is 14.2 Å². The minimum Gasteiger partial charge on any atom is -0.495 e. The summed E-state index contributed by atoms with van der Waals surface area (Å²) in [6, 6.07) is 6.09. The van der Waals surface area contributed by atoms with E-state index in [-0.39, 0.29) is 17.6 Å². The van der Waals surface area contributed by atoms with Crippen LogP contribution in [0.2, 0.25) is 0 Å². The van der Waals surface area contributed by atoms with Crippen molar-refractivity contribution in [3.63, 3.8) is 0 Å². The molecule has 0 atom stereocenters. The SMILES string of the molecule is COc1ccc(F)cc1Nc1cc(=NC2CC2)n2nc/c(=C\c3[nH]c(=O)[nH]c3O)c2n1. The van der Waals surface area contributed by atoms with E-state index < -0.39 is 11.5 Å². The van der Waals surface area contributed by atoms with Crippen LogP contribution in [0.5, 0.6) is 11.6 Å². The first-order valence-electron chi connectivity index (χ1n) is 9.56. The van der Waals surface area contributed by atoms with Gasteiger partial charge in [0.15, 0.2) is 11.1 Å². The number of nitrogens with zero attached hydrogens (tertiary/aromatic N) is 4. The topological polar surface area (TPSA) is 133 Å². The zero-order valence-electron chi connectivity index (χ0n) is 16.4. The molecule has 1 aromatic carbocycles. The van der Waals surface area contributed by atoms with Gasteiger partial charge in [-0.3, -0.25) is 9.98 Å². The summed E-state index contributed by atoms with van der Waals surface area (Å²) in [5, 5.41) is 17.9. The van der Waals surface area contributed by atoms with Crippen molar-refractivity contribution in [1.29, 1.82) is 0 Å². The number of rotatable bonds is 5. The molecule has 158 valence electrons. The molecule has 0 bridgehead atoms. The van der Waals surface area contributed by atoms with Crippen LogP contribution in [0.1, 0.15) is 18.5 Å². The number of hydrogen-bond donors (Lipinski definition) is 4. The molecule has 3 aromatic heterocycles. The summed E-state index contributed by atoms with van der Waals surface area (Å²) < 4.78 is 20.7. The Kier molecular flexibility index (Phi) is 4.42. The summed E-state index contributed by atoms with van der Waals surface area (Å²) in [4.78, 5) is 25.5. The maximum Gasteiger partial charge on any atom is 0.326 e. The Morgan fingerprint density at radius 3 is 2.90 bits per heavy atom. The third-order valence-corrected chi connectivity index (χ3v) is 4.80. The van der Waals surface area contributed by atoms with Crippen molar-refractivity contribution in [2.24, 2.45) is 4.99 Å². The zero-order valence-corrected chi connectivity index (χ0v) is 16.4. The predicted octanol–water partition coefficient (Wildman–Crippen LogP) is 0.953. The third kappa shape index (κ3) is 3.72. The molecule has 0 unspecified atom stereocenters. The number of aromatic nitrogens is 5. The molecule has 1 saturated carbocycles. The molecule has 1 fully saturated rings. The van der Waals surface area contributed by atoms with E-state index in [1.807, 2.05) is 0 Å². The number of benzene rings is 1. The van der Waals surface area contributed by atoms with Crippen molar-refractivity contribution in [3.05, 3.63) is 63.2 Å². The maximum atomic E-state index is 13.8. The molecular formula is C20H18FN7O3. The molecule has 1 aliphatic rings. The smallest absolute Gasteiger partial charge is 0.326 e. The van der Waals surface area contributed by atoms with Gasteiger partial charge in [0.25, 0.3) is 0 Å². The zero-order chi connectivity index (χ0) is 21.5. The molecule has 5 rings (SSSR count). The third-order valence-electron chi connectivity index (χ3n) is 4.80. The first-order valence-corrected chi connectivity index (χ1v) is 9.56. The highest BCUT2D eigenvalue weighted by Gasteiger charge is 2.20. The number of H-pyrrole nitrogens is 2. The van der Waals surface area contributed by atoms with Crippen LogP contribution >= 0.6 is 0 Å². The van der Waals surface area contributed by atoms with Crippen LogP contribution in [0.25, 0.3) is 11.7 Å². The molecule has 4 N–H and O–H groups in total. The fourth-order valence-corrected chi connectivity index (χ4v) is 3.18. The predicted molar refractivity (Wildman–Crippen MR) is 110 cm³/mol. The number of ether oxygens (including phenoxy) is 1. The fourth-order valence-electron chi connectivity index (χ4n) is 3.18. The number of aromatic amines is 2. The van der Waals surface area contributed by atoms with Gasteiger partial charge in [0.05, 0.1) is 25.0 Å². The lowest BCUT2D eigenvalue weighted by atomic mass is 10.3. The van der Waals surface area contributed by atoms with Gasteiger partial charge in [-0.15, -0.1) is 0 Å². The molecular weight excluding hydrogens is 405 g/mol. The van der Waals surface area contributed by atoms with Crippen molar-refractivity contribution in [2.45, 2.75) is 18.9 Å². The number of fused-ring (bicyclic) bond motifs is 1. The molecule has 31 heavy (non-hydrogen) atoms. The molecule has 1 aliphatic carbocycles. The lowest BCUT2D eigenvalue weighted by Crippen LogP contribution is -2.20. The minimum atomic E-state index is -0.529. The standard InChI is InChI=1S/C20H18FN7O3/c1-31-15-5-2-11(21)7-13(15)24-16-8-17(23-12-3-4-12)28-18(26-16)10(9-22-28)6-14-19(29)27-20(30)25-14/h2,5-9,12,24,29H,3-4H2,1H3,(H2,25,27,30)/b10-6+,23-17?. The van der Waals surface area contributed by atoms with Gasteiger partial charge in [-0.05, 0) is 31.1 Å². The van der Waals surface area contributed by atoms with E-state index in [2.05, 4.69) is 25.4 Å². The minimum absolute atomic E-state index is 0.201. The highest BCUT2D eigenvalue weighted by Crippen LogP contribution is 2.27. The second-order valence-electron chi connectivity index (χ2n) is 7.15. The average Bonchev–Trinajstić information content (AvgIpc) is 3.37. The van der Waals surface area contributed by atoms with Crippen LogP contribution in [0.15, 0.2) is 40.2 Å². The van der Waals surface area contributed by atoms with Crippen LogP contribution in [0.3, 0.4) is 0 Å². The molecule has 3 heterocycles. The van der Waals surface area contributed by atoms with E-state index in [4.69, 9.17) is 9.73 Å². The highest BCUT2D eigenvalue weighted by molar-refractivity contribution is 5.66. The second kappa shape index (κ2) is 7.27. The molecule has 0 radical (unpaired) electrons. The normalized spacial score (nSPS) is 15.0. The van der Waals surface area contributed by atoms with Crippen molar-refractivity contribution in [1.82, 2.24) is 24.6 Å². The Hall–Kier alpha value is -4.15. The number of hydrogen-bond acceptors (Lipinski definition) is 7. The molecule has 0 amide bonds. The quantitative estimate of drug-likeness (QED) is 0.378. The summed E-state index contributed by atoms with van der Waals surface area (Å²) in [6.07, 6.45) is 5.12. The first-order chi connectivity index (χ1) is 15.0. The van der Waals surface area contributed by atoms with Gasteiger partial charge in [-0.25, -0.2) is 14.2 Å². The Morgan fingerprint density at radius 2 is 2.19 bits per heavy atom. The van der Waals surface area contributed by atoms with E-state index in [1.165, 1.54) is 25.3 Å². The van der Waals surface area contributed by atoms with E-state index in [1.54, 1.807) is 22.9 Å². The largest absolute Gasteiger partial charge is 0.495 e. The Balaban J connectivity index is 1.69. The summed E-state index contributed by atoms with van der Waals surface area (Å²) in [5.41, 5.74) is 1.11. The molecule has 11 heteroatoms. The average molecular weight is 423 g/mol. The number of anilines is 2. The number of imidazole rings is 1. The summed E-state index contributed by atoms with van der Waals surface area (Å²) in [7, 11) is 1.50. The Morgan fingerprint density at radius 1 is 1.35 bits per heavy atom. The Labute approximate surface area is 173 Å². The van der Waals surface area contributed by atoms with E-state index >= 15 is 0 Å². The van der Waals surface area contributed by atoms with E-state index in [0.29, 0.717) is 33.6 Å². The highest BCUT2D eigenvalue weighted by atomic mass is 19.1. The number of methoxy groups -OCH3 is 1. The molecule has 0 spiro atoms. The van der Waals surface area contributed by atoms with Crippen molar-refractivity contribution in [2.75, 3.05) is 12.4 Å². The van der Waals surface area contributed by atoms with Gasteiger partial charge in [-0.2, -0.15) is 9.61 Å². The van der Waals surface area contributed by atoms with Gasteiger partial charge in [-0.1, -0.05) is 0 Å². The number of nitrogens with one attached hydrogen (secondary N) is 3. The summed E-state index contributed by atoms with van der Waals surface area (Å²) in [5.74, 6) is 0.167. The van der Waals surface area contributed by atoms with E-state index in [0.717, 1.165) is 12.8 Å². The number of halogens is 1.